The van der Waals surface area contributed by atoms with Gasteiger partial charge in [-0.25, -0.2) is 4.39 Å². The van der Waals surface area contributed by atoms with E-state index in [1.54, 1.807) is 0 Å². The van der Waals surface area contributed by atoms with E-state index < -0.39 is 29.4 Å². The molecule has 1 saturated heterocycles. The highest BCUT2D eigenvalue weighted by Gasteiger charge is 2.44. The van der Waals surface area contributed by atoms with Gasteiger partial charge in [-0.3, -0.25) is 4.90 Å². The van der Waals surface area contributed by atoms with E-state index in [2.05, 4.69) is 0 Å². The number of benzene rings is 1. The molecule has 0 N–H and O–H groups in total. The summed E-state index contributed by atoms with van der Waals surface area (Å²) in [5, 5.41) is 9.29. The normalized spacial score (nSPS) is 23.5. The van der Waals surface area contributed by atoms with Crippen molar-refractivity contribution in [3.05, 3.63) is 35.1 Å². The summed E-state index contributed by atoms with van der Waals surface area (Å²) in [6, 6.07) is 5.01. The molecule has 1 fully saturated rings. The van der Waals surface area contributed by atoms with E-state index in [1.165, 1.54) is 0 Å². The largest absolute Gasteiger partial charge is 0.416 e. The molecule has 6 heteroatoms. The molecule has 1 aliphatic heterocycles. The van der Waals surface area contributed by atoms with Crippen LogP contribution in [0.3, 0.4) is 0 Å². The molecule has 1 heterocycles. The van der Waals surface area contributed by atoms with E-state index in [0.29, 0.717) is 6.54 Å². The predicted octanol–water partition coefficient (Wildman–Crippen LogP) is 4.18. The molecule has 0 aliphatic carbocycles. The first-order valence-corrected chi connectivity index (χ1v) is 7.06. The van der Waals surface area contributed by atoms with Crippen LogP contribution in [0, 0.1) is 23.1 Å². The van der Waals surface area contributed by atoms with E-state index >= 15 is 0 Å². The average Bonchev–Trinajstić information content (AvgIpc) is 2.81. The fourth-order valence-electron chi connectivity index (χ4n) is 2.94. The van der Waals surface area contributed by atoms with Gasteiger partial charge < -0.3 is 0 Å². The molecule has 2 nitrogen and oxygen atoms in total. The molecule has 0 spiro atoms. The van der Waals surface area contributed by atoms with Crippen molar-refractivity contribution in [1.29, 1.82) is 5.26 Å². The van der Waals surface area contributed by atoms with E-state index in [4.69, 9.17) is 0 Å². The first-order chi connectivity index (χ1) is 10.1. The first-order valence-electron chi connectivity index (χ1n) is 7.06. The first kappa shape index (κ1) is 16.8. The highest BCUT2D eigenvalue weighted by molar-refractivity contribution is 5.37. The van der Waals surface area contributed by atoms with Gasteiger partial charge in [0.05, 0.1) is 17.6 Å². The molecule has 0 amide bonds. The summed E-state index contributed by atoms with van der Waals surface area (Å²) >= 11 is 0. The summed E-state index contributed by atoms with van der Waals surface area (Å²) in [5.74, 6) is -2.32. The Balaban J connectivity index is 2.50. The standard InChI is InChI=1S/C16H18F4N2/c1-15(2,3)22-8-10(7-21)11(9-22)14-12(16(18,19)20)5-4-6-13(14)17/h4-6,10-11H,8-9H2,1-3H3/t10-,11-/m1/s1. The maximum absolute atomic E-state index is 14.1. The number of hydrogen-bond acceptors (Lipinski definition) is 2. The average molecular weight is 314 g/mol. The summed E-state index contributed by atoms with van der Waals surface area (Å²) in [6.45, 7) is 6.36. The number of nitrogens with zero attached hydrogens (tertiary/aromatic N) is 2. The predicted molar refractivity (Wildman–Crippen MR) is 74.6 cm³/mol. The Labute approximate surface area is 127 Å². The second-order valence-electron chi connectivity index (χ2n) is 6.62. The third kappa shape index (κ3) is 3.09. The molecule has 0 aromatic heterocycles. The molecule has 1 aromatic rings. The zero-order valence-electron chi connectivity index (χ0n) is 12.7. The van der Waals surface area contributed by atoms with E-state index in [-0.39, 0.29) is 17.6 Å². The molecule has 0 unspecified atom stereocenters. The molecule has 2 atom stereocenters. The second kappa shape index (κ2) is 5.54. The molecular weight excluding hydrogens is 296 g/mol. The van der Waals surface area contributed by atoms with Gasteiger partial charge >= 0.3 is 6.18 Å². The van der Waals surface area contributed by atoms with Gasteiger partial charge in [0.15, 0.2) is 0 Å². The monoisotopic (exact) mass is 314 g/mol. The van der Waals surface area contributed by atoms with Crippen molar-refractivity contribution in [3.8, 4) is 6.07 Å². The van der Waals surface area contributed by atoms with Crippen LogP contribution in [0.15, 0.2) is 18.2 Å². The lowest BCUT2D eigenvalue weighted by molar-refractivity contribution is -0.138. The van der Waals surface area contributed by atoms with E-state index in [0.717, 1.165) is 18.2 Å². The van der Waals surface area contributed by atoms with E-state index in [1.807, 2.05) is 31.7 Å². The quantitative estimate of drug-likeness (QED) is 0.727. The highest BCUT2D eigenvalue weighted by atomic mass is 19.4. The van der Waals surface area contributed by atoms with Crippen LogP contribution < -0.4 is 0 Å². The maximum Gasteiger partial charge on any atom is 0.416 e. The Morgan fingerprint density at radius 2 is 1.82 bits per heavy atom. The third-order valence-electron chi connectivity index (χ3n) is 4.16. The highest BCUT2D eigenvalue weighted by Crippen LogP contribution is 2.42. The van der Waals surface area contributed by atoms with Crippen molar-refractivity contribution < 1.29 is 17.6 Å². The fraction of sp³-hybridized carbons (Fsp3) is 0.562. The number of hydrogen-bond donors (Lipinski definition) is 0. The Bertz CT molecular complexity index is 596. The smallest absolute Gasteiger partial charge is 0.297 e. The minimum atomic E-state index is -4.63. The Kier molecular flexibility index (Phi) is 4.22. The van der Waals surface area contributed by atoms with Gasteiger partial charge in [-0.2, -0.15) is 18.4 Å². The Morgan fingerprint density at radius 1 is 1.18 bits per heavy atom. The topological polar surface area (TPSA) is 27.0 Å². The fourth-order valence-corrected chi connectivity index (χ4v) is 2.94. The molecule has 22 heavy (non-hydrogen) atoms. The molecule has 0 saturated carbocycles. The van der Waals surface area contributed by atoms with Crippen LogP contribution in [0.1, 0.15) is 37.8 Å². The molecule has 0 radical (unpaired) electrons. The number of nitriles is 1. The van der Waals surface area contributed by atoms with Crippen LogP contribution in [0.5, 0.6) is 0 Å². The lowest BCUT2D eigenvalue weighted by Crippen LogP contribution is -2.39. The molecule has 2 rings (SSSR count). The van der Waals surface area contributed by atoms with Crippen molar-refractivity contribution in [2.45, 2.75) is 38.4 Å². The van der Waals surface area contributed by atoms with Gasteiger partial charge in [0.1, 0.15) is 5.82 Å². The number of rotatable bonds is 1. The van der Waals surface area contributed by atoms with Crippen LogP contribution in [0.25, 0.3) is 0 Å². The van der Waals surface area contributed by atoms with Crippen LogP contribution in [-0.4, -0.2) is 23.5 Å². The Hall–Kier alpha value is -1.61. The van der Waals surface area contributed by atoms with Crippen LogP contribution in [-0.2, 0) is 6.18 Å². The minimum absolute atomic E-state index is 0.242. The van der Waals surface area contributed by atoms with Crippen LogP contribution >= 0.6 is 0 Å². The van der Waals surface area contributed by atoms with E-state index in [9.17, 15) is 22.8 Å². The van der Waals surface area contributed by atoms with Gasteiger partial charge in [-0.1, -0.05) is 6.07 Å². The van der Waals surface area contributed by atoms with Gasteiger partial charge in [0.25, 0.3) is 0 Å². The van der Waals surface area contributed by atoms with Crippen molar-refractivity contribution in [2.75, 3.05) is 13.1 Å². The number of alkyl halides is 3. The van der Waals surface area contributed by atoms with Crippen LogP contribution in [0.4, 0.5) is 17.6 Å². The minimum Gasteiger partial charge on any atom is -0.297 e. The van der Waals surface area contributed by atoms with Gasteiger partial charge in [0.2, 0.25) is 0 Å². The summed E-state index contributed by atoms with van der Waals surface area (Å²) in [6.07, 6.45) is -4.63. The number of halogens is 4. The molecule has 120 valence electrons. The Morgan fingerprint density at radius 3 is 2.32 bits per heavy atom. The second-order valence-corrected chi connectivity index (χ2v) is 6.62. The summed E-state index contributed by atoms with van der Waals surface area (Å²) in [7, 11) is 0. The third-order valence-corrected chi connectivity index (χ3v) is 4.16. The lowest BCUT2D eigenvalue weighted by Gasteiger charge is -2.31. The molecule has 1 aromatic carbocycles. The van der Waals surface area contributed by atoms with Gasteiger partial charge in [0, 0.05) is 30.1 Å². The SMILES string of the molecule is CC(C)(C)N1C[C@@H](C#N)[C@H](c2c(F)cccc2C(F)(F)F)C1. The number of likely N-dealkylation sites (tertiary alicyclic amines) is 1. The van der Waals surface area contributed by atoms with Gasteiger partial charge in [-0.05, 0) is 32.9 Å². The van der Waals surface area contributed by atoms with Crippen LogP contribution in [0.2, 0.25) is 0 Å². The lowest BCUT2D eigenvalue weighted by atomic mass is 9.86. The van der Waals surface area contributed by atoms with Gasteiger partial charge in [-0.15, -0.1) is 0 Å². The molecular formula is C16H18F4N2. The van der Waals surface area contributed by atoms with Crippen molar-refractivity contribution in [1.82, 2.24) is 4.90 Å². The summed E-state index contributed by atoms with van der Waals surface area (Å²) in [5.41, 5.74) is -1.64. The van der Waals surface area contributed by atoms with Crippen molar-refractivity contribution >= 4 is 0 Å². The summed E-state index contributed by atoms with van der Waals surface area (Å²) < 4.78 is 53.7. The molecule has 1 aliphatic rings. The zero-order chi connectivity index (χ0) is 16.7. The molecule has 0 bridgehead atoms. The van der Waals surface area contributed by atoms with Crippen molar-refractivity contribution in [3.63, 3.8) is 0 Å². The maximum atomic E-state index is 14.1. The van der Waals surface area contributed by atoms with Crippen molar-refractivity contribution in [2.24, 2.45) is 5.92 Å². The summed E-state index contributed by atoms with van der Waals surface area (Å²) in [4.78, 5) is 1.93. The zero-order valence-corrected chi connectivity index (χ0v) is 12.7.